The standard InChI is InChI=1S/C10H6ClIN2O/c11-9-10(14-5-4-13-9)15-8-3-1-2-7(12)6-8/h1-6H. The third-order valence-electron chi connectivity index (χ3n) is 1.63. The molecule has 1 aromatic heterocycles. The smallest absolute Gasteiger partial charge is 0.257 e. The van der Waals surface area contributed by atoms with Crippen molar-refractivity contribution in [2.75, 3.05) is 0 Å². The third-order valence-corrected chi connectivity index (χ3v) is 2.56. The van der Waals surface area contributed by atoms with Crippen LogP contribution < -0.4 is 4.74 Å². The summed E-state index contributed by atoms with van der Waals surface area (Å²) in [6.45, 7) is 0. The van der Waals surface area contributed by atoms with Crippen LogP contribution in [0.1, 0.15) is 0 Å². The SMILES string of the molecule is Clc1nccnc1Oc1cccc(I)c1. The van der Waals surface area contributed by atoms with Crippen LogP contribution in [0, 0.1) is 3.57 Å². The molecular weight excluding hydrogens is 326 g/mol. The van der Waals surface area contributed by atoms with Gasteiger partial charge in [-0.05, 0) is 40.8 Å². The average Bonchev–Trinajstić information content (AvgIpc) is 2.22. The van der Waals surface area contributed by atoms with E-state index in [-0.39, 0.29) is 5.15 Å². The topological polar surface area (TPSA) is 35.0 Å². The Labute approximate surface area is 106 Å². The Morgan fingerprint density at radius 2 is 2.00 bits per heavy atom. The molecule has 0 fully saturated rings. The van der Waals surface area contributed by atoms with Gasteiger partial charge in [-0.3, -0.25) is 0 Å². The zero-order valence-corrected chi connectivity index (χ0v) is 10.4. The lowest BCUT2D eigenvalue weighted by molar-refractivity contribution is 0.460. The summed E-state index contributed by atoms with van der Waals surface area (Å²) in [7, 11) is 0. The van der Waals surface area contributed by atoms with Gasteiger partial charge >= 0.3 is 0 Å². The molecule has 3 nitrogen and oxygen atoms in total. The van der Waals surface area contributed by atoms with Crippen LogP contribution in [-0.2, 0) is 0 Å². The van der Waals surface area contributed by atoms with E-state index in [9.17, 15) is 0 Å². The van der Waals surface area contributed by atoms with Gasteiger partial charge in [0.15, 0.2) is 5.15 Å². The van der Waals surface area contributed by atoms with Crippen molar-refractivity contribution in [3.63, 3.8) is 0 Å². The van der Waals surface area contributed by atoms with Crippen molar-refractivity contribution in [3.8, 4) is 11.6 Å². The Balaban J connectivity index is 2.26. The average molecular weight is 333 g/mol. The minimum absolute atomic E-state index is 0.261. The molecule has 0 aliphatic rings. The van der Waals surface area contributed by atoms with Crippen LogP contribution in [0.5, 0.6) is 11.6 Å². The van der Waals surface area contributed by atoms with Gasteiger partial charge < -0.3 is 4.74 Å². The lowest BCUT2D eigenvalue weighted by atomic mass is 10.3. The van der Waals surface area contributed by atoms with E-state index in [4.69, 9.17) is 16.3 Å². The van der Waals surface area contributed by atoms with Crippen LogP contribution in [0.2, 0.25) is 5.15 Å². The molecule has 0 saturated heterocycles. The maximum absolute atomic E-state index is 5.81. The van der Waals surface area contributed by atoms with Crippen molar-refractivity contribution < 1.29 is 4.74 Å². The number of ether oxygens (including phenoxy) is 1. The zero-order chi connectivity index (χ0) is 10.7. The summed E-state index contributed by atoms with van der Waals surface area (Å²) >= 11 is 8.02. The lowest BCUT2D eigenvalue weighted by Gasteiger charge is -2.04. The first-order valence-electron chi connectivity index (χ1n) is 4.15. The van der Waals surface area contributed by atoms with Crippen LogP contribution in [0.15, 0.2) is 36.7 Å². The molecule has 0 amide bonds. The van der Waals surface area contributed by atoms with E-state index < -0.39 is 0 Å². The Hall–Kier alpha value is -0.880. The van der Waals surface area contributed by atoms with Gasteiger partial charge in [0.2, 0.25) is 0 Å². The summed E-state index contributed by atoms with van der Waals surface area (Å²) in [4.78, 5) is 7.86. The van der Waals surface area contributed by atoms with E-state index in [1.807, 2.05) is 24.3 Å². The summed E-state index contributed by atoms with van der Waals surface area (Å²) in [5, 5.41) is 0.261. The molecule has 0 spiro atoms. The fraction of sp³-hybridized carbons (Fsp3) is 0. The highest BCUT2D eigenvalue weighted by Gasteiger charge is 2.04. The third kappa shape index (κ3) is 2.79. The quantitative estimate of drug-likeness (QED) is 0.789. The number of halogens is 2. The fourth-order valence-corrected chi connectivity index (χ4v) is 1.68. The molecule has 0 bridgehead atoms. The molecule has 2 rings (SSSR count). The number of hydrogen-bond donors (Lipinski definition) is 0. The van der Waals surface area contributed by atoms with E-state index in [2.05, 4.69) is 32.6 Å². The van der Waals surface area contributed by atoms with Gasteiger partial charge in [-0.15, -0.1) is 0 Å². The summed E-state index contributed by atoms with van der Waals surface area (Å²) in [5.41, 5.74) is 0. The molecule has 0 saturated carbocycles. The number of aromatic nitrogens is 2. The van der Waals surface area contributed by atoms with Crippen molar-refractivity contribution in [1.82, 2.24) is 9.97 Å². The Bertz CT molecular complexity index is 478. The fourth-order valence-electron chi connectivity index (χ4n) is 1.02. The van der Waals surface area contributed by atoms with Gasteiger partial charge in [0, 0.05) is 16.0 Å². The molecule has 2 aromatic rings. The highest BCUT2D eigenvalue weighted by atomic mass is 127. The molecule has 15 heavy (non-hydrogen) atoms. The van der Waals surface area contributed by atoms with E-state index >= 15 is 0 Å². The largest absolute Gasteiger partial charge is 0.436 e. The predicted molar refractivity (Wildman–Crippen MR) is 66.3 cm³/mol. The van der Waals surface area contributed by atoms with E-state index in [0.29, 0.717) is 11.6 Å². The molecule has 1 aromatic carbocycles. The Morgan fingerprint density at radius 3 is 2.73 bits per heavy atom. The molecule has 0 atom stereocenters. The van der Waals surface area contributed by atoms with Crippen molar-refractivity contribution in [3.05, 3.63) is 45.4 Å². The van der Waals surface area contributed by atoms with Gasteiger partial charge in [0.1, 0.15) is 5.75 Å². The zero-order valence-electron chi connectivity index (χ0n) is 7.52. The first-order valence-corrected chi connectivity index (χ1v) is 5.61. The number of rotatable bonds is 2. The van der Waals surface area contributed by atoms with Crippen molar-refractivity contribution in [1.29, 1.82) is 0 Å². The second-order valence-corrected chi connectivity index (χ2v) is 4.32. The van der Waals surface area contributed by atoms with Crippen LogP contribution in [0.25, 0.3) is 0 Å². The summed E-state index contributed by atoms with van der Waals surface area (Å²) in [5.74, 6) is 1.02. The molecule has 5 heteroatoms. The normalized spacial score (nSPS) is 10.0. The molecular formula is C10H6ClIN2O. The van der Waals surface area contributed by atoms with E-state index in [1.54, 1.807) is 0 Å². The van der Waals surface area contributed by atoms with Crippen LogP contribution in [-0.4, -0.2) is 9.97 Å². The van der Waals surface area contributed by atoms with E-state index in [1.165, 1.54) is 12.4 Å². The number of hydrogen-bond acceptors (Lipinski definition) is 3. The second-order valence-electron chi connectivity index (χ2n) is 2.71. The molecule has 0 N–H and O–H groups in total. The molecule has 76 valence electrons. The van der Waals surface area contributed by atoms with Crippen molar-refractivity contribution in [2.24, 2.45) is 0 Å². The van der Waals surface area contributed by atoms with Crippen LogP contribution in [0.3, 0.4) is 0 Å². The monoisotopic (exact) mass is 332 g/mol. The number of nitrogens with zero attached hydrogens (tertiary/aromatic N) is 2. The maximum atomic E-state index is 5.81. The minimum atomic E-state index is 0.261. The lowest BCUT2D eigenvalue weighted by Crippen LogP contribution is -1.90. The van der Waals surface area contributed by atoms with Gasteiger partial charge in [0.05, 0.1) is 0 Å². The summed E-state index contributed by atoms with van der Waals surface area (Å²) in [6, 6.07) is 7.62. The van der Waals surface area contributed by atoms with Crippen LogP contribution >= 0.6 is 34.2 Å². The second kappa shape index (κ2) is 4.76. The van der Waals surface area contributed by atoms with Crippen molar-refractivity contribution in [2.45, 2.75) is 0 Å². The van der Waals surface area contributed by atoms with Gasteiger partial charge in [-0.25, -0.2) is 9.97 Å². The Kier molecular flexibility index (Phi) is 3.37. The highest BCUT2D eigenvalue weighted by Crippen LogP contribution is 2.25. The van der Waals surface area contributed by atoms with Gasteiger partial charge in [0.25, 0.3) is 5.88 Å². The molecule has 0 aliphatic carbocycles. The molecule has 0 aliphatic heterocycles. The highest BCUT2D eigenvalue weighted by molar-refractivity contribution is 14.1. The summed E-state index contributed by atoms with van der Waals surface area (Å²) < 4.78 is 6.57. The minimum Gasteiger partial charge on any atom is -0.436 e. The first-order chi connectivity index (χ1) is 7.25. The van der Waals surface area contributed by atoms with Crippen molar-refractivity contribution >= 4 is 34.2 Å². The van der Waals surface area contributed by atoms with Crippen LogP contribution in [0.4, 0.5) is 0 Å². The molecule has 1 heterocycles. The Morgan fingerprint density at radius 1 is 1.20 bits per heavy atom. The molecule has 0 unspecified atom stereocenters. The summed E-state index contributed by atoms with van der Waals surface area (Å²) in [6.07, 6.45) is 3.05. The van der Waals surface area contributed by atoms with Gasteiger partial charge in [-0.2, -0.15) is 0 Å². The maximum Gasteiger partial charge on any atom is 0.257 e. The number of benzene rings is 1. The first kappa shape index (κ1) is 10.6. The predicted octanol–water partition coefficient (Wildman–Crippen LogP) is 3.53. The molecule has 0 radical (unpaired) electrons. The van der Waals surface area contributed by atoms with Gasteiger partial charge in [-0.1, -0.05) is 17.7 Å². The van der Waals surface area contributed by atoms with E-state index in [0.717, 1.165) is 3.57 Å².